The third kappa shape index (κ3) is 1.34. The smallest absolute Gasteiger partial charge is 0.101 e. The summed E-state index contributed by atoms with van der Waals surface area (Å²) in [6.45, 7) is 6.27. The number of aromatic amines is 1. The molecule has 2 nitrogen and oxygen atoms in total. The average molecular weight is 234 g/mol. The van der Waals surface area contributed by atoms with Crippen molar-refractivity contribution < 1.29 is 0 Å². The summed E-state index contributed by atoms with van der Waals surface area (Å²) in [6.07, 6.45) is 0. The summed E-state index contributed by atoms with van der Waals surface area (Å²) in [7, 11) is 0. The van der Waals surface area contributed by atoms with Gasteiger partial charge in [0, 0.05) is 16.3 Å². The van der Waals surface area contributed by atoms with Crippen LogP contribution in [0.25, 0.3) is 21.8 Å². The highest BCUT2D eigenvalue weighted by molar-refractivity contribution is 6.11. The molecule has 18 heavy (non-hydrogen) atoms. The number of nitrogens with zero attached hydrogens (tertiary/aromatic N) is 1. The van der Waals surface area contributed by atoms with Crippen LogP contribution in [0.3, 0.4) is 0 Å². The van der Waals surface area contributed by atoms with Crippen molar-refractivity contribution in [2.24, 2.45) is 0 Å². The Bertz CT molecular complexity index is 817. The van der Waals surface area contributed by atoms with Crippen molar-refractivity contribution in [3.8, 4) is 6.07 Å². The SMILES string of the molecule is Cc1ccc2[nH]c3c(C#N)cc(C)c(C)c3c2c1. The topological polar surface area (TPSA) is 39.6 Å². The third-order valence-corrected chi connectivity index (χ3v) is 3.67. The van der Waals surface area contributed by atoms with Crippen LogP contribution in [0.4, 0.5) is 0 Å². The Morgan fingerprint density at radius 2 is 1.89 bits per heavy atom. The van der Waals surface area contributed by atoms with E-state index in [9.17, 15) is 5.26 Å². The van der Waals surface area contributed by atoms with Crippen LogP contribution in [-0.2, 0) is 0 Å². The van der Waals surface area contributed by atoms with Gasteiger partial charge in [0.25, 0.3) is 0 Å². The number of nitrogens with one attached hydrogen (secondary N) is 1. The lowest BCUT2D eigenvalue weighted by molar-refractivity contribution is 1.36. The molecule has 0 spiro atoms. The van der Waals surface area contributed by atoms with Gasteiger partial charge in [-0.2, -0.15) is 5.26 Å². The Balaban J connectivity index is 2.64. The lowest BCUT2D eigenvalue weighted by Crippen LogP contribution is -1.86. The minimum absolute atomic E-state index is 0.724. The highest BCUT2D eigenvalue weighted by Gasteiger charge is 2.12. The summed E-state index contributed by atoms with van der Waals surface area (Å²) >= 11 is 0. The predicted molar refractivity (Wildman–Crippen MR) is 74.7 cm³/mol. The van der Waals surface area contributed by atoms with E-state index in [4.69, 9.17) is 0 Å². The van der Waals surface area contributed by atoms with Crippen LogP contribution in [0.5, 0.6) is 0 Å². The Morgan fingerprint density at radius 3 is 2.61 bits per heavy atom. The fourth-order valence-corrected chi connectivity index (χ4v) is 2.58. The first kappa shape index (κ1) is 10.9. The largest absolute Gasteiger partial charge is 0.353 e. The molecule has 0 saturated carbocycles. The Hall–Kier alpha value is -2.27. The molecule has 1 aromatic heterocycles. The van der Waals surface area contributed by atoms with Gasteiger partial charge in [0.1, 0.15) is 6.07 Å². The van der Waals surface area contributed by atoms with Crippen molar-refractivity contribution in [2.75, 3.05) is 0 Å². The standard InChI is InChI=1S/C16H14N2/c1-9-4-5-14-13(6-9)15-11(3)10(2)7-12(8-17)16(15)18-14/h4-7,18H,1-3H3. The molecule has 0 aliphatic rings. The van der Waals surface area contributed by atoms with E-state index >= 15 is 0 Å². The molecule has 3 rings (SSSR count). The van der Waals surface area contributed by atoms with Gasteiger partial charge in [-0.25, -0.2) is 0 Å². The van der Waals surface area contributed by atoms with Crippen molar-refractivity contribution in [3.05, 3.63) is 46.5 Å². The van der Waals surface area contributed by atoms with Crippen LogP contribution in [0, 0.1) is 32.1 Å². The van der Waals surface area contributed by atoms with Crippen molar-refractivity contribution in [1.82, 2.24) is 4.98 Å². The van der Waals surface area contributed by atoms with Crippen molar-refractivity contribution >= 4 is 21.8 Å². The summed E-state index contributed by atoms with van der Waals surface area (Å²) in [5.74, 6) is 0. The van der Waals surface area contributed by atoms with Crippen molar-refractivity contribution in [3.63, 3.8) is 0 Å². The highest BCUT2D eigenvalue weighted by Crippen LogP contribution is 2.32. The molecular formula is C16H14N2. The molecule has 0 amide bonds. The molecule has 0 unspecified atom stereocenters. The van der Waals surface area contributed by atoms with Gasteiger partial charge < -0.3 is 4.98 Å². The first-order valence-corrected chi connectivity index (χ1v) is 6.04. The summed E-state index contributed by atoms with van der Waals surface area (Å²) in [6, 6.07) is 10.6. The van der Waals surface area contributed by atoms with Crippen LogP contribution in [0.15, 0.2) is 24.3 Å². The van der Waals surface area contributed by atoms with Gasteiger partial charge in [-0.15, -0.1) is 0 Å². The zero-order valence-corrected chi connectivity index (χ0v) is 10.8. The quantitative estimate of drug-likeness (QED) is 0.624. The first-order valence-electron chi connectivity index (χ1n) is 6.04. The van der Waals surface area contributed by atoms with E-state index in [1.165, 1.54) is 27.5 Å². The monoisotopic (exact) mass is 234 g/mol. The maximum absolute atomic E-state index is 9.26. The van der Waals surface area contributed by atoms with Gasteiger partial charge in [-0.05, 0) is 50.1 Å². The van der Waals surface area contributed by atoms with Gasteiger partial charge in [0.2, 0.25) is 0 Å². The molecule has 3 aromatic rings. The molecule has 1 heterocycles. The lowest BCUT2D eigenvalue weighted by atomic mass is 9.99. The molecule has 0 fully saturated rings. The Labute approximate surface area is 106 Å². The van der Waals surface area contributed by atoms with Gasteiger partial charge in [-0.3, -0.25) is 0 Å². The van der Waals surface area contributed by atoms with Crippen molar-refractivity contribution in [1.29, 1.82) is 5.26 Å². The van der Waals surface area contributed by atoms with Gasteiger partial charge in [0.15, 0.2) is 0 Å². The summed E-state index contributed by atoms with van der Waals surface area (Å²) < 4.78 is 0. The zero-order valence-electron chi connectivity index (χ0n) is 10.8. The molecule has 0 radical (unpaired) electrons. The van der Waals surface area contributed by atoms with E-state index in [2.05, 4.69) is 50.0 Å². The Kier molecular flexibility index (Phi) is 2.18. The fourth-order valence-electron chi connectivity index (χ4n) is 2.58. The Morgan fingerprint density at radius 1 is 1.11 bits per heavy atom. The number of rotatable bonds is 0. The molecule has 0 saturated heterocycles. The molecule has 2 aromatic carbocycles. The average Bonchev–Trinajstić information content (AvgIpc) is 2.72. The number of fused-ring (bicyclic) bond motifs is 3. The van der Waals surface area contributed by atoms with E-state index in [1.54, 1.807) is 0 Å². The first-order chi connectivity index (χ1) is 8.61. The van der Waals surface area contributed by atoms with Gasteiger partial charge >= 0.3 is 0 Å². The molecule has 88 valence electrons. The maximum atomic E-state index is 9.26. The van der Waals surface area contributed by atoms with E-state index in [-0.39, 0.29) is 0 Å². The minimum Gasteiger partial charge on any atom is -0.353 e. The lowest BCUT2D eigenvalue weighted by Gasteiger charge is -2.04. The van der Waals surface area contributed by atoms with E-state index in [0.29, 0.717) is 0 Å². The second-order valence-corrected chi connectivity index (χ2v) is 4.90. The number of aromatic nitrogens is 1. The molecule has 0 atom stereocenters. The summed E-state index contributed by atoms with van der Waals surface area (Å²) in [5.41, 5.74) is 6.44. The predicted octanol–water partition coefficient (Wildman–Crippen LogP) is 4.12. The van der Waals surface area contributed by atoms with Crippen LogP contribution in [0.1, 0.15) is 22.3 Å². The highest BCUT2D eigenvalue weighted by atomic mass is 14.7. The third-order valence-electron chi connectivity index (χ3n) is 3.67. The van der Waals surface area contributed by atoms with Crippen molar-refractivity contribution in [2.45, 2.75) is 20.8 Å². The fraction of sp³-hybridized carbons (Fsp3) is 0.188. The minimum atomic E-state index is 0.724. The maximum Gasteiger partial charge on any atom is 0.101 e. The molecular weight excluding hydrogens is 220 g/mol. The van der Waals surface area contributed by atoms with E-state index < -0.39 is 0 Å². The molecule has 0 aliphatic heterocycles. The summed E-state index contributed by atoms with van der Waals surface area (Å²) in [4.78, 5) is 3.37. The second kappa shape index (κ2) is 3.61. The van der Waals surface area contributed by atoms with Crippen LogP contribution in [0.2, 0.25) is 0 Å². The van der Waals surface area contributed by atoms with Crippen LogP contribution < -0.4 is 0 Å². The number of hydrogen-bond donors (Lipinski definition) is 1. The number of benzene rings is 2. The number of nitriles is 1. The molecule has 1 N–H and O–H groups in total. The van der Waals surface area contributed by atoms with Crippen LogP contribution in [-0.4, -0.2) is 4.98 Å². The van der Waals surface area contributed by atoms with Gasteiger partial charge in [-0.1, -0.05) is 11.6 Å². The molecule has 0 aliphatic carbocycles. The van der Waals surface area contributed by atoms with Crippen LogP contribution >= 0.6 is 0 Å². The normalized spacial score (nSPS) is 11.0. The number of hydrogen-bond acceptors (Lipinski definition) is 1. The van der Waals surface area contributed by atoms with Gasteiger partial charge in [0.05, 0.1) is 11.1 Å². The zero-order chi connectivity index (χ0) is 12.9. The molecule has 0 bridgehead atoms. The van der Waals surface area contributed by atoms with E-state index in [1.807, 2.05) is 6.07 Å². The second-order valence-electron chi connectivity index (χ2n) is 4.90. The number of H-pyrrole nitrogens is 1. The molecule has 2 heteroatoms. The summed E-state index contributed by atoms with van der Waals surface area (Å²) in [5, 5.41) is 11.7. The number of aryl methyl sites for hydroxylation is 3. The van der Waals surface area contributed by atoms with E-state index in [0.717, 1.165) is 16.6 Å².